The van der Waals surface area contributed by atoms with Crippen molar-refractivity contribution in [1.29, 1.82) is 0 Å². The molecule has 2 aromatic carbocycles. The molecular formula is C18H19NO5S. The van der Waals surface area contributed by atoms with Gasteiger partial charge >= 0.3 is 0 Å². The van der Waals surface area contributed by atoms with Crippen LogP contribution in [0.5, 0.6) is 17.2 Å². The lowest BCUT2D eigenvalue weighted by atomic mass is 9.98. The van der Waals surface area contributed by atoms with Gasteiger partial charge in [0.05, 0.1) is 12.0 Å². The van der Waals surface area contributed by atoms with Crippen molar-refractivity contribution in [3.8, 4) is 17.2 Å². The van der Waals surface area contributed by atoms with E-state index in [1.54, 1.807) is 35.7 Å². The average molecular weight is 361 g/mol. The maximum Gasteiger partial charge on any atom is 0.243 e. The minimum Gasteiger partial charge on any atom is -0.497 e. The monoisotopic (exact) mass is 361 g/mol. The van der Waals surface area contributed by atoms with Gasteiger partial charge in [0.25, 0.3) is 0 Å². The van der Waals surface area contributed by atoms with Crippen LogP contribution in [-0.4, -0.2) is 39.7 Å². The maximum atomic E-state index is 12.8. The highest BCUT2D eigenvalue weighted by molar-refractivity contribution is 7.89. The Labute approximate surface area is 147 Å². The van der Waals surface area contributed by atoms with E-state index in [2.05, 4.69) is 0 Å². The number of benzene rings is 2. The van der Waals surface area contributed by atoms with Crippen LogP contribution >= 0.6 is 0 Å². The second-order valence-corrected chi connectivity index (χ2v) is 8.07. The van der Waals surface area contributed by atoms with Gasteiger partial charge in [-0.05, 0) is 54.3 Å². The Morgan fingerprint density at radius 3 is 2.60 bits per heavy atom. The highest BCUT2D eigenvalue weighted by Crippen LogP contribution is 2.38. The largest absolute Gasteiger partial charge is 0.497 e. The van der Waals surface area contributed by atoms with Crippen LogP contribution in [0.1, 0.15) is 17.9 Å². The Morgan fingerprint density at radius 2 is 1.84 bits per heavy atom. The first-order chi connectivity index (χ1) is 12.1. The second kappa shape index (κ2) is 6.24. The van der Waals surface area contributed by atoms with Crippen LogP contribution in [0.4, 0.5) is 0 Å². The smallest absolute Gasteiger partial charge is 0.243 e. The molecule has 0 aromatic heterocycles. The number of nitrogens with zero attached hydrogens (tertiary/aromatic N) is 1. The standard InChI is InChI=1S/C18H19NO5S/c1-22-15-3-5-16(6-4-15)25(20,21)19-9-8-14(11-19)13-2-7-17-18(10-13)24-12-23-17/h2-7,10,14H,8-9,11-12H2,1H3. The van der Waals surface area contributed by atoms with Crippen molar-refractivity contribution in [2.45, 2.75) is 17.2 Å². The molecule has 0 spiro atoms. The molecule has 25 heavy (non-hydrogen) atoms. The van der Waals surface area contributed by atoms with E-state index < -0.39 is 10.0 Å². The van der Waals surface area contributed by atoms with Crippen molar-refractivity contribution in [2.75, 3.05) is 27.0 Å². The molecule has 4 rings (SSSR count). The quantitative estimate of drug-likeness (QED) is 0.838. The number of methoxy groups -OCH3 is 1. The van der Waals surface area contributed by atoms with Gasteiger partial charge in [0.15, 0.2) is 11.5 Å². The Kier molecular flexibility index (Phi) is 4.05. The second-order valence-electron chi connectivity index (χ2n) is 6.14. The lowest BCUT2D eigenvalue weighted by Crippen LogP contribution is -2.28. The normalized spacial score (nSPS) is 20.0. The van der Waals surface area contributed by atoms with E-state index >= 15 is 0 Å². The van der Waals surface area contributed by atoms with Gasteiger partial charge in [-0.3, -0.25) is 0 Å². The summed E-state index contributed by atoms with van der Waals surface area (Å²) in [5.74, 6) is 2.26. The van der Waals surface area contributed by atoms with E-state index in [0.29, 0.717) is 23.7 Å². The molecular weight excluding hydrogens is 342 g/mol. The summed E-state index contributed by atoms with van der Waals surface area (Å²) in [5.41, 5.74) is 1.08. The summed E-state index contributed by atoms with van der Waals surface area (Å²) < 4.78 is 43.1. The van der Waals surface area contributed by atoms with Crippen LogP contribution in [0, 0.1) is 0 Å². The van der Waals surface area contributed by atoms with Gasteiger partial charge in [-0.2, -0.15) is 4.31 Å². The predicted molar refractivity (Wildman–Crippen MR) is 91.7 cm³/mol. The summed E-state index contributed by atoms with van der Waals surface area (Å²) in [6.45, 7) is 1.21. The SMILES string of the molecule is COc1ccc(S(=O)(=O)N2CCC(c3ccc4c(c3)OCO4)C2)cc1. The van der Waals surface area contributed by atoms with Gasteiger partial charge in [-0.25, -0.2) is 8.42 Å². The molecule has 6 nitrogen and oxygen atoms in total. The van der Waals surface area contributed by atoms with Crippen LogP contribution < -0.4 is 14.2 Å². The van der Waals surface area contributed by atoms with Gasteiger partial charge in [-0.15, -0.1) is 0 Å². The number of sulfonamides is 1. The molecule has 0 saturated carbocycles. The van der Waals surface area contributed by atoms with Crippen molar-refractivity contribution in [3.05, 3.63) is 48.0 Å². The summed E-state index contributed by atoms with van der Waals surface area (Å²) in [6, 6.07) is 12.3. The van der Waals surface area contributed by atoms with Crippen molar-refractivity contribution in [1.82, 2.24) is 4.31 Å². The van der Waals surface area contributed by atoms with E-state index in [0.717, 1.165) is 23.5 Å². The minimum absolute atomic E-state index is 0.155. The van der Waals surface area contributed by atoms with E-state index in [-0.39, 0.29) is 12.7 Å². The molecule has 0 amide bonds. The number of hydrogen-bond donors (Lipinski definition) is 0. The highest BCUT2D eigenvalue weighted by atomic mass is 32.2. The van der Waals surface area contributed by atoms with E-state index in [4.69, 9.17) is 14.2 Å². The van der Waals surface area contributed by atoms with Crippen LogP contribution in [0.2, 0.25) is 0 Å². The maximum absolute atomic E-state index is 12.8. The summed E-state index contributed by atoms with van der Waals surface area (Å²) in [5, 5.41) is 0. The number of rotatable bonds is 4. The molecule has 2 aliphatic rings. The Bertz CT molecular complexity index is 879. The topological polar surface area (TPSA) is 65.1 Å². The van der Waals surface area contributed by atoms with Gasteiger partial charge in [0, 0.05) is 13.1 Å². The predicted octanol–water partition coefficient (Wildman–Crippen LogP) is 2.60. The molecule has 2 aliphatic heterocycles. The minimum atomic E-state index is -3.49. The Hall–Kier alpha value is -2.25. The van der Waals surface area contributed by atoms with Crippen LogP contribution in [0.15, 0.2) is 47.4 Å². The Morgan fingerprint density at radius 1 is 1.08 bits per heavy atom. The van der Waals surface area contributed by atoms with Crippen LogP contribution in [-0.2, 0) is 10.0 Å². The first-order valence-corrected chi connectivity index (χ1v) is 9.56. The third kappa shape index (κ3) is 2.94. The third-order valence-electron chi connectivity index (χ3n) is 4.72. The zero-order valence-corrected chi connectivity index (χ0v) is 14.7. The molecule has 1 unspecified atom stereocenters. The highest BCUT2D eigenvalue weighted by Gasteiger charge is 2.33. The molecule has 2 aromatic rings. The van der Waals surface area contributed by atoms with Crippen molar-refractivity contribution in [3.63, 3.8) is 0 Å². The summed E-state index contributed by atoms with van der Waals surface area (Å²) >= 11 is 0. The molecule has 1 atom stereocenters. The number of fused-ring (bicyclic) bond motifs is 1. The van der Waals surface area contributed by atoms with Crippen LogP contribution in [0.3, 0.4) is 0 Å². The molecule has 0 bridgehead atoms. The van der Waals surface area contributed by atoms with Crippen molar-refractivity contribution < 1.29 is 22.6 Å². The van der Waals surface area contributed by atoms with Gasteiger partial charge in [0.2, 0.25) is 16.8 Å². The zero-order valence-electron chi connectivity index (χ0n) is 13.8. The lowest BCUT2D eigenvalue weighted by molar-refractivity contribution is 0.174. The number of ether oxygens (including phenoxy) is 3. The third-order valence-corrected chi connectivity index (χ3v) is 6.60. The number of hydrogen-bond acceptors (Lipinski definition) is 5. The van der Waals surface area contributed by atoms with Gasteiger partial charge in [0.1, 0.15) is 5.75 Å². The molecule has 0 N–H and O–H groups in total. The average Bonchev–Trinajstić information content (AvgIpc) is 3.30. The first-order valence-electron chi connectivity index (χ1n) is 8.12. The lowest BCUT2D eigenvalue weighted by Gasteiger charge is -2.17. The summed E-state index contributed by atoms with van der Waals surface area (Å²) in [7, 11) is -1.94. The summed E-state index contributed by atoms with van der Waals surface area (Å²) in [6.07, 6.45) is 0.787. The molecule has 0 aliphatic carbocycles. The van der Waals surface area contributed by atoms with E-state index in [1.165, 1.54) is 0 Å². The van der Waals surface area contributed by atoms with Crippen molar-refractivity contribution in [2.24, 2.45) is 0 Å². The first kappa shape index (κ1) is 16.2. The molecule has 132 valence electrons. The van der Waals surface area contributed by atoms with E-state index in [9.17, 15) is 8.42 Å². The zero-order chi connectivity index (χ0) is 17.4. The molecule has 7 heteroatoms. The van der Waals surface area contributed by atoms with Crippen molar-refractivity contribution >= 4 is 10.0 Å². The fourth-order valence-electron chi connectivity index (χ4n) is 3.28. The fraction of sp³-hybridized carbons (Fsp3) is 0.333. The van der Waals surface area contributed by atoms with Crippen LogP contribution in [0.25, 0.3) is 0 Å². The Balaban J connectivity index is 1.53. The van der Waals surface area contributed by atoms with Gasteiger partial charge < -0.3 is 14.2 Å². The summed E-state index contributed by atoms with van der Waals surface area (Å²) in [4.78, 5) is 0.291. The van der Waals surface area contributed by atoms with Gasteiger partial charge in [-0.1, -0.05) is 6.07 Å². The molecule has 2 heterocycles. The molecule has 1 fully saturated rings. The molecule has 1 saturated heterocycles. The van der Waals surface area contributed by atoms with E-state index in [1.807, 2.05) is 18.2 Å². The molecule has 0 radical (unpaired) electrons. The fourth-order valence-corrected chi connectivity index (χ4v) is 4.78.